The van der Waals surface area contributed by atoms with Gasteiger partial charge in [-0.05, 0) is 19.3 Å². The number of primary amides is 1. The summed E-state index contributed by atoms with van der Waals surface area (Å²) in [5.74, 6) is -5.82. The zero-order chi connectivity index (χ0) is 23.7. The van der Waals surface area contributed by atoms with Gasteiger partial charge in [0.05, 0.1) is 12.5 Å². The SMILES string of the molecule is NC(=O)CCC(NC(=O)C(CS)NC(=O)C(N)CC(=O)O)C(=O)N1CCCC1C(=O)O. The second-order valence-corrected chi connectivity index (χ2v) is 7.41. The molecule has 1 saturated heterocycles. The fraction of sp³-hybridized carbons (Fsp3) is 0.647. The lowest BCUT2D eigenvalue weighted by Crippen LogP contribution is -2.57. The topological polar surface area (TPSA) is 222 Å². The molecule has 14 heteroatoms. The fourth-order valence-corrected chi connectivity index (χ4v) is 3.31. The van der Waals surface area contributed by atoms with E-state index in [2.05, 4.69) is 23.3 Å². The van der Waals surface area contributed by atoms with Gasteiger partial charge in [0.15, 0.2) is 0 Å². The normalized spacial score (nSPS) is 18.5. The van der Waals surface area contributed by atoms with Gasteiger partial charge in [0.25, 0.3) is 0 Å². The van der Waals surface area contributed by atoms with Crippen LogP contribution in [0.1, 0.15) is 32.1 Å². The van der Waals surface area contributed by atoms with Crippen LogP contribution in [-0.2, 0) is 28.8 Å². The molecule has 0 saturated carbocycles. The van der Waals surface area contributed by atoms with Gasteiger partial charge in [-0.1, -0.05) is 0 Å². The first-order valence-electron chi connectivity index (χ1n) is 9.48. The number of aliphatic carboxylic acids is 2. The highest BCUT2D eigenvalue weighted by molar-refractivity contribution is 7.80. The average Bonchev–Trinajstić information content (AvgIpc) is 3.17. The molecule has 0 radical (unpaired) electrons. The molecule has 174 valence electrons. The lowest BCUT2D eigenvalue weighted by atomic mass is 10.1. The van der Waals surface area contributed by atoms with Crippen molar-refractivity contribution in [3.8, 4) is 0 Å². The van der Waals surface area contributed by atoms with Crippen molar-refractivity contribution in [1.82, 2.24) is 15.5 Å². The van der Waals surface area contributed by atoms with Crippen molar-refractivity contribution in [2.75, 3.05) is 12.3 Å². The number of carboxylic acid groups (broad SMARTS) is 2. The summed E-state index contributed by atoms with van der Waals surface area (Å²) in [7, 11) is 0. The van der Waals surface area contributed by atoms with Crippen molar-refractivity contribution in [1.29, 1.82) is 0 Å². The summed E-state index contributed by atoms with van der Waals surface area (Å²) >= 11 is 3.98. The van der Waals surface area contributed by atoms with Gasteiger partial charge < -0.3 is 37.2 Å². The van der Waals surface area contributed by atoms with Crippen LogP contribution >= 0.6 is 12.6 Å². The Morgan fingerprint density at radius 3 is 2.19 bits per heavy atom. The summed E-state index contributed by atoms with van der Waals surface area (Å²) in [6.07, 6.45) is -0.347. The maximum absolute atomic E-state index is 12.9. The summed E-state index contributed by atoms with van der Waals surface area (Å²) in [6, 6.07) is -4.96. The monoisotopic (exact) mass is 461 g/mol. The minimum atomic E-state index is -1.40. The van der Waals surface area contributed by atoms with Gasteiger partial charge in [0.1, 0.15) is 18.1 Å². The Kier molecular flexibility index (Phi) is 10.2. The van der Waals surface area contributed by atoms with Crippen molar-refractivity contribution < 1.29 is 39.0 Å². The molecule has 0 aromatic carbocycles. The van der Waals surface area contributed by atoms with Crippen molar-refractivity contribution in [2.24, 2.45) is 11.5 Å². The first-order chi connectivity index (χ1) is 14.5. The van der Waals surface area contributed by atoms with Gasteiger partial charge in [0, 0.05) is 18.7 Å². The zero-order valence-corrected chi connectivity index (χ0v) is 17.5. The number of thiol groups is 1. The molecule has 4 atom stereocenters. The second kappa shape index (κ2) is 12.1. The smallest absolute Gasteiger partial charge is 0.326 e. The van der Waals surface area contributed by atoms with E-state index in [1.54, 1.807) is 0 Å². The Morgan fingerprint density at radius 2 is 1.68 bits per heavy atom. The summed E-state index contributed by atoms with van der Waals surface area (Å²) in [4.78, 5) is 71.8. The number of amides is 4. The van der Waals surface area contributed by atoms with E-state index in [1.165, 1.54) is 0 Å². The van der Waals surface area contributed by atoms with Crippen LogP contribution in [0.25, 0.3) is 0 Å². The quantitative estimate of drug-likeness (QED) is 0.147. The molecule has 0 bridgehead atoms. The van der Waals surface area contributed by atoms with Gasteiger partial charge in [-0.25, -0.2) is 4.79 Å². The van der Waals surface area contributed by atoms with Gasteiger partial charge in [0.2, 0.25) is 23.6 Å². The molecule has 13 nitrogen and oxygen atoms in total. The molecule has 0 aromatic rings. The van der Waals surface area contributed by atoms with E-state index >= 15 is 0 Å². The highest BCUT2D eigenvalue weighted by atomic mass is 32.1. The van der Waals surface area contributed by atoms with Gasteiger partial charge >= 0.3 is 11.9 Å². The number of carboxylic acids is 2. The Labute approximate surface area is 183 Å². The van der Waals surface area contributed by atoms with Crippen molar-refractivity contribution >= 4 is 48.2 Å². The minimum Gasteiger partial charge on any atom is -0.481 e. The summed E-state index contributed by atoms with van der Waals surface area (Å²) < 4.78 is 0. The Hall–Kier alpha value is -2.87. The molecule has 0 aromatic heterocycles. The van der Waals surface area contributed by atoms with Crippen LogP contribution in [0.4, 0.5) is 0 Å². The van der Waals surface area contributed by atoms with E-state index in [0.29, 0.717) is 6.42 Å². The van der Waals surface area contributed by atoms with E-state index in [0.717, 1.165) is 4.90 Å². The van der Waals surface area contributed by atoms with E-state index < -0.39 is 66.2 Å². The highest BCUT2D eigenvalue weighted by Gasteiger charge is 2.38. The standard InChI is InChI=1S/C17H27N5O8S/c18-8(6-13(24)25)14(26)21-10(7-31)15(27)20-9(3-4-12(19)23)16(28)22-5-1-2-11(22)17(29)30/h8-11,31H,1-7,18H2,(H2,19,23)(H,20,27)(H,21,26)(H,24,25)(H,29,30). The lowest BCUT2D eigenvalue weighted by molar-refractivity contribution is -0.149. The molecule has 1 fully saturated rings. The maximum atomic E-state index is 12.9. The maximum Gasteiger partial charge on any atom is 0.326 e. The molecule has 0 aliphatic carbocycles. The number of nitrogens with zero attached hydrogens (tertiary/aromatic N) is 1. The van der Waals surface area contributed by atoms with Crippen molar-refractivity contribution in [2.45, 2.75) is 56.3 Å². The van der Waals surface area contributed by atoms with Crippen molar-refractivity contribution in [3.63, 3.8) is 0 Å². The predicted molar refractivity (Wildman–Crippen MR) is 109 cm³/mol. The number of hydrogen-bond donors (Lipinski definition) is 7. The van der Waals surface area contributed by atoms with Crippen LogP contribution in [0.2, 0.25) is 0 Å². The number of nitrogens with two attached hydrogens (primary N) is 2. The molecule has 1 aliphatic heterocycles. The summed E-state index contributed by atoms with van der Waals surface area (Å²) in [6.45, 7) is 0.176. The van der Waals surface area contributed by atoms with Crippen LogP contribution in [0.15, 0.2) is 0 Å². The zero-order valence-electron chi connectivity index (χ0n) is 16.7. The highest BCUT2D eigenvalue weighted by Crippen LogP contribution is 2.19. The number of nitrogens with one attached hydrogen (secondary N) is 2. The van der Waals surface area contributed by atoms with Crippen LogP contribution in [0, 0.1) is 0 Å². The van der Waals surface area contributed by atoms with Gasteiger partial charge in [-0.15, -0.1) is 0 Å². The first kappa shape index (κ1) is 26.2. The molecule has 31 heavy (non-hydrogen) atoms. The van der Waals surface area contributed by atoms with Crippen LogP contribution in [0.5, 0.6) is 0 Å². The number of carbonyl (C=O) groups excluding carboxylic acids is 4. The molecular weight excluding hydrogens is 434 g/mol. The van der Waals surface area contributed by atoms with Crippen LogP contribution in [-0.4, -0.2) is 87.1 Å². The van der Waals surface area contributed by atoms with E-state index in [-0.39, 0.29) is 31.6 Å². The van der Waals surface area contributed by atoms with E-state index in [1.807, 2.05) is 0 Å². The lowest BCUT2D eigenvalue weighted by Gasteiger charge is -2.28. The Bertz CT molecular complexity index is 733. The minimum absolute atomic E-state index is 0.172. The fourth-order valence-electron chi connectivity index (χ4n) is 3.06. The van der Waals surface area contributed by atoms with Crippen molar-refractivity contribution in [3.05, 3.63) is 0 Å². The number of carbonyl (C=O) groups is 6. The predicted octanol–water partition coefficient (Wildman–Crippen LogP) is -2.97. The molecule has 1 aliphatic rings. The number of rotatable bonds is 12. The molecule has 4 amide bonds. The number of hydrogen-bond acceptors (Lipinski definition) is 8. The molecule has 1 rings (SSSR count). The van der Waals surface area contributed by atoms with Gasteiger partial charge in [-0.3, -0.25) is 24.0 Å². The molecular formula is C17H27N5O8S. The largest absolute Gasteiger partial charge is 0.481 e. The second-order valence-electron chi connectivity index (χ2n) is 7.04. The molecule has 8 N–H and O–H groups in total. The Morgan fingerprint density at radius 1 is 1.06 bits per heavy atom. The average molecular weight is 461 g/mol. The Balaban J connectivity index is 2.91. The van der Waals surface area contributed by atoms with Crippen LogP contribution in [0.3, 0.4) is 0 Å². The third-order valence-corrected chi connectivity index (χ3v) is 5.03. The summed E-state index contributed by atoms with van der Waals surface area (Å²) in [5.41, 5.74) is 10.6. The summed E-state index contributed by atoms with van der Waals surface area (Å²) in [5, 5.41) is 22.6. The molecule has 1 heterocycles. The van der Waals surface area contributed by atoms with E-state index in [4.69, 9.17) is 16.6 Å². The van der Waals surface area contributed by atoms with Crippen LogP contribution < -0.4 is 22.1 Å². The number of likely N-dealkylation sites (tertiary alicyclic amines) is 1. The third-order valence-electron chi connectivity index (χ3n) is 4.66. The first-order valence-corrected chi connectivity index (χ1v) is 10.1. The molecule has 0 spiro atoms. The third kappa shape index (κ3) is 8.05. The van der Waals surface area contributed by atoms with E-state index in [9.17, 15) is 33.9 Å². The molecule has 4 unspecified atom stereocenters. The van der Waals surface area contributed by atoms with Gasteiger partial charge in [-0.2, -0.15) is 12.6 Å².